The molecule has 0 aromatic heterocycles. The van der Waals surface area contributed by atoms with Gasteiger partial charge >= 0.3 is 0 Å². The van der Waals surface area contributed by atoms with Crippen LogP contribution in [0.4, 0.5) is 0 Å². The number of nitrogens with zero attached hydrogens (tertiary/aromatic N) is 2. The molecule has 2 rings (SSSR count). The predicted molar refractivity (Wildman–Crippen MR) is 70.0 cm³/mol. The van der Waals surface area contributed by atoms with Gasteiger partial charge in [-0.05, 0) is 25.9 Å². The summed E-state index contributed by atoms with van der Waals surface area (Å²) < 4.78 is 22.5. The Hall–Kier alpha value is -0.330. The standard InChI is InChI=1S/C11H19ClN2O3S/c1-2-13-5-3-4-9(13)7-14-8-10(6-11(14)15)18(12,16)17/h9-10H,2-8H2,1H3. The van der Waals surface area contributed by atoms with Gasteiger partial charge < -0.3 is 4.90 Å². The fraction of sp³-hybridized carbons (Fsp3) is 0.909. The van der Waals surface area contributed by atoms with Crippen molar-refractivity contribution in [3.63, 3.8) is 0 Å². The average Bonchev–Trinajstić information content (AvgIpc) is 2.86. The zero-order valence-electron chi connectivity index (χ0n) is 10.5. The van der Waals surface area contributed by atoms with Gasteiger partial charge in [-0.15, -0.1) is 0 Å². The number of hydrogen-bond donors (Lipinski definition) is 0. The van der Waals surface area contributed by atoms with Gasteiger partial charge in [-0.1, -0.05) is 6.92 Å². The van der Waals surface area contributed by atoms with Gasteiger partial charge in [-0.3, -0.25) is 9.69 Å². The molecular formula is C11H19ClN2O3S. The fourth-order valence-electron chi connectivity index (χ4n) is 2.87. The summed E-state index contributed by atoms with van der Waals surface area (Å²) in [6.45, 7) is 5.04. The van der Waals surface area contributed by atoms with Crippen molar-refractivity contribution in [2.75, 3.05) is 26.2 Å². The van der Waals surface area contributed by atoms with Crippen LogP contribution in [0.2, 0.25) is 0 Å². The number of carbonyl (C=O) groups is 1. The highest BCUT2D eigenvalue weighted by Gasteiger charge is 2.39. The molecule has 1 amide bonds. The number of hydrogen-bond acceptors (Lipinski definition) is 4. The SMILES string of the molecule is CCN1CCCC1CN1CC(S(=O)(=O)Cl)CC1=O. The molecule has 2 fully saturated rings. The Morgan fingerprint density at radius 3 is 2.72 bits per heavy atom. The molecule has 2 atom stereocenters. The van der Waals surface area contributed by atoms with Gasteiger partial charge in [0.05, 0.1) is 0 Å². The predicted octanol–water partition coefficient (Wildman–Crippen LogP) is 0.640. The first-order valence-corrected chi connectivity index (χ1v) is 8.74. The van der Waals surface area contributed by atoms with Crippen LogP contribution in [0.1, 0.15) is 26.2 Å². The van der Waals surface area contributed by atoms with Crippen molar-refractivity contribution in [1.29, 1.82) is 0 Å². The molecule has 0 aromatic rings. The minimum atomic E-state index is -3.62. The minimum absolute atomic E-state index is 0.0324. The van der Waals surface area contributed by atoms with Crippen LogP contribution < -0.4 is 0 Å². The first kappa shape index (κ1) is 14.1. The van der Waals surface area contributed by atoms with Crippen LogP contribution in [-0.4, -0.2) is 61.6 Å². The topological polar surface area (TPSA) is 57.7 Å². The molecule has 18 heavy (non-hydrogen) atoms. The summed E-state index contributed by atoms with van der Waals surface area (Å²) in [6, 6.07) is 0.371. The molecule has 0 aromatic carbocycles. The van der Waals surface area contributed by atoms with Gasteiger partial charge in [0.2, 0.25) is 15.0 Å². The second-order valence-corrected chi connectivity index (χ2v) is 7.93. The van der Waals surface area contributed by atoms with E-state index in [-0.39, 0.29) is 18.9 Å². The Kier molecular flexibility index (Phi) is 4.18. The van der Waals surface area contributed by atoms with Crippen molar-refractivity contribution < 1.29 is 13.2 Å². The maximum absolute atomic E-state index is 11.8. The van der Waals surface area contributed by atoms with E-state index in [0.29, 0.717) is 12.6 Å². The van der Waals surface area contributed by atoms with E-state index < -0.39 is 14.3 Å². The lowest BCUT2D eigenvalue weighted by atomic mass is 10.2. The third-order valence-corrected chi connectivity index (χ3v) is 5.78. The number of amides is 1. The number of likely N-dealkylation sites (N-methyl/N-ethyl adjacent to an activating group) is 1. The maximum atomic E-state index is 11.8. The zero-order chi connectivity index (χ0) is 13.3. The quantitative estimate of drug-likeness (QED) is 0.714. The molecule has 5 nitrogen and oxygen atoms in total. The summed E-state index contributed by atoms with van der Waals surface area (Å²) >= 11 is 0. The van der Waals surface area contributed by atoms with Gasteiger partial charge in [0.1, 0.15) is 5.25 Å². The van der Waals surface area contributed by atoms with E-state index in [1.807, 2.05) is 0 Å². The molecule has 0 bridgehead atoms. The maximum Gasteiger partial charge on any atom is 0.237 e. The molecule has 2 aliphatic rings. The molecule has 0 spiro atoms. The minimum Gasteiger partial charge on any atom is -0.340 e. The van der Waals surface area contributed by atoms with Crippen LogP contribution in [0, 0.1) is 0 Å². The third-order valence-electron chi connectivity index (χ3n) is 3.91. The van der Waals surface area contributed by atoms with Gasteiger partial charge in [0.15, 0.2) is 0 Å². The summed E-state index contributed by atoms with van der Waals surface area (Å²) in [5.41, 5.74) is 0. The summed E-state index contributed by atoms with van der Waals surface area (Å²) in [6.07, 6.45) is 2.26. The van der Waals surface area contributed by atoms with Crippen LogP contribution in [0.15, 0.2) is 0 Å². The van der Waals surface area contributed by atoms with Crippen LogP contribution >= 0.6 is 10.7 Å². The largest absolute Gasteiger partial charge is 0.340 e. The van der Waals surface area contributed by atoms with Gasteiger partial charge in [0, 0.05) is 36.2 Å². The van der Waals surface area contributed by atoms with Crippen molar-refractivity contribution in [3.8, 4) is 0 Å². The number of likely N-dealkylation sites (tertiary alicyclic amines) is 2. The van der Waals surface area contributed by atoms with Gasteiger partial charge in [-0.25, -0.2) is 8.42 Å². The first-order valence-electron chi connectivity index (χ1n) is 6.37. The van der Waals surface area contributed by atoms with Crippen molar-refractivity contribution in [2.24, 2.45) is 0 Å². The molecule has 104 valence electrons. The Bertz CT molecular complexity index is 426. The van der Waals surface area contributed by atoms with Crippen molar-refractivity contribution in [2.45, 2.75) is 37.5 Å². The highest BCUT2D eigenvalue weighted by Crippen LogP contribution is 2.24. The summed E-state index contributed by atoms with van der Waals surface area (Å²) in [5, 5.41) is -0.733. The Morgan fingerprint density at radius 1 is 1.44 bits per heavy atom. The van der Waals surface area contributed by atoms with Crippen molar-refractivity contribution in [1.82, 2.24) is 9.80 Å². The lowest BCUT2D eigenvalue weighted by Gasteiger charge is -2.27. The highest BCUT2D eigenvalue weighted by molar-refractivity contribution is 8.14. The third kappa shape index (κ3) is 2.97. The second kappa shape index (κ2) is 5.35. The van der Waals surface area contributed by atoms with Gasteiger partial charge in [-0.2, -0.15) is 0 Å². The van der Waals surface area contributed by atoms with Crippen LogP contribution in [-0.2, 0) is 13.8 Å². The molecule has 2 unspecified atom stereocenters. The van der Waals surface area contributed by atoms with Crippen LogP contribution in [0.3, 0.4) is 0 Å². The molecule has 7 heteroatoms. The van der Waals surface area contributed by atoms with Gasteiger partial charge in [0.25, 0.3) is 0 Å². The van der Waals surface area contributed by atoms with E-state index in [4.69, 9.17) is 10.7 Å². The van der Waals surface area contributed by atoms with E-state index in [1.54, 1.807) is 4.90 Å². The van der Waals surface area contributed by atoms with Crippen molar-refractivity contribution >= 4 is 25.6 Å². The summed E-state index contributed by atoms with van der Waals surface area (Å²) in [4.78, 5) is 15.8. The van der Waals surface area contributed by atoms with E-state index in [2.05, 4.69) is 11.8 Å². The number of halogens is 1. The molecule has 0 saturated carbocycles. The van der Waals surface area contributed by atoms with Crippen LogP contribution in [0.5, 0.6) is 0 Å². The van der Waals surface area contributed by atoms with E-state index in [1.165, 1.54) is 0 Å². The normalized spacial score (nSPS) is 30.3. The number of rotatable bonds is 4. The van der Waals surface area contributed by atoms with Crippen molar-refractivity contribution in [3.05, 3.63) is 0 Å². The molecule has 0 radical (unpaired) electrons. The molecule has 2 aliphatic heterocycles. The molecule has 0 aliphatic carbocycles. The Labute approximate surface area is 112 Å². The summed E-state index contributed by atoms with van der Waals surface area (Å²) in [5.74, 6) is -0.0906. The smallest absolute Gasteiger partial charge is 0.237 e. The lowest BCUT2D eigenvalue weighted by molar-refractivity contribution is -0.128. The van der Waals surface area contributed by atoms with E-state index >= 15 is 0 Å². The lowest BCUT2D eigenvalue weighted by Crippen LogP contribution is -2.41. The van der Waals surface area contributed by atoms with E-state index in [9.17, 15) is 13.2 Å². The Morgan fingerprint density at radius 2 is 2.17 bits per heavy atom. The highest BCUT2D eigenvalue weighted by atomic mass is 35.7. The second-order valence-electron chi connectivity index (χ2n) is 5.03. The van der Waals surface area contributed by atoms with E-state index in [0.717, 1.165) is 25.9 Å². The zero-order valence-corrected chi connectivity index (χ0v) is 12.1. The molecule has 2 heterocycles. The molecule has 2 saturated heterocycles. The summed E-state index contributed by atoms with van der Waals surface area (Å²) in [7, 11) is 1.70. The van der Waals surface area contributed by atoms with Crippen LogP contribution in [0.25, 0.3) is 0 Å². The first-order chi connectivity index (χ1) is 8.41. The average molecular weight is 295 g/mol. The molecular weight excluding hydrogens is 276 g/mol. The monoisotopic (exact) mass is 294 g/mol. The molecule has 0 N–H and O–H groups in total. The number of carbonyl (C=O) groups excluding carboxylic acids is 1. The Balaban J connectivity index is 1.96. The fourth-order valence-corrected chi connectivity index (χ4v) is 3.93.